The van der Waals surface area contributed by atoms with E-state index in [1.807, 2.05) is 13.8 Å². The maximum absolute atomic E-state index is 13.0. The van der Waals surface area contributed by atoms with Crippen LogP contribution < -0.4 is 4.74 Å². The van der Waals surface area contributed by atoms with E-state index in [1.165, 1.54) is 13.2 Å². The average molecular weight is 419 g/mol. The molecule has 2 heterocycles. The highest BCUT2D eigenvalue weighted by Gasteiger charge is 2.41. The summed E-state index contributed by atoms with van der Waals surface area (Å²) in [5.74, 6) is -0.615. The van der Waals surface area contributed by atoms with Crippen molar-refractivity contribution in [2.24, 2.45) is 0 Å². The summed E-state index contributed by atoms with van der Waals surface area (Å²) < 4.78 is 42.1. The second-order valence-electron chi connectivity index (χ2n) is 8.31. The fourth-order valence-electron chi connectivity index (χ4n) is 3.10. The normalized spacial score (nSPS) is 19.5. The third-order valence-corrected chi connectivity index (χ3v) is 5.45. The largest absolute Gasteiger partial charge is 0.488 e. The fraction of sp³-hybridized carbons (Fsp3) is 0.684. The van der Waals surface area contributed by atoms with Gasteiger partial charge in [0.1, 0.15) is 17.5 Å². The molecule has 0 aliphatic carbocycles. The Balaban J connectivity index is 2.14. The molecule has 0 unspecified atom stereocenters. The van der Waals surface area contributed by atoms with Crippen LogP contribution in [0.2, 0.25) is 0 Å². The Bertz CT molecular complexity index is 726. The van der Waals surface area contributed by atoms with E-state index < -0.39 is 29.6 Å². The van der Waals surface area contributed by atoms with Gasteiger partial charge in [-0.1, -0.05) is 0 Å². The van der Waals surface area contributed by atoms with Gasteiger partial charge in [0.2, 0.25) is 0 Å². The molecule has 158 valence electrons. The van der Waals surface area contributed by atoms with E-state index in [-0.39, 0.29) is 21.6 Å². The van der Waals surface area contributed by atoms with Crippen molar-refractivity contribution in [2.45, 2.75) is 71.1 Å². The number of ether oxygens (including phenoxy) is 3. The monoisotopic (exact) mass is 419 g/mol. The van der Waals surface area contributed by atoms with Crippen LogP contribution in [-0.4, -0.2) is 47.9 Å². The number of alkyl halides is 2. The van der Waals surface area contributed by atoms with Crippen LogP contribution in [0.25, 0.3) is 0 Å². The molecule has 0 spiro atoms. The average Bonchev–Trinajstić information content (AvgIpc) is 2.95. The Morgan fingerprint density at radius 2 is 1.96 bits per heavy atom. The smallest absolute Gasteiger partial charge is 0.410 e. The molecule has 1 amide bonds. The molecule has 6 nitrogen and oxygen atoms in total. The predicted octanol–water partition coefficient (Wildman–Crippen LogP) is 5.03. The van der Waals surface area contributed by atoms with E-state index in [1.54, 1.807) is 25.7 Å². The Morgan fingerprint density at radius 3 is 2.46 bits per heavy atom. The number of nitrogens with zero attached hydrogens (tertiary/aromatic N) is 1. The van der Waals surface area contributed by atoms with Gasteiger partial charge >= 0.3 is 12.1 Å². The Kier molecular flexibility index (Phi) is 6.58. The van der Waals surface area contributed by atoms with Crippen molar-refractivity contribution in [1.82, 2.24) is 4.90 Å². The number of thiophene rings is 1. The highest BCUT2D eigenvalue weighted by Crippen LogP contribution is 2.38. The molecule has 1 fully saturated rings. The van der Waals surface area contributed by atoms with Crippen LogP contribution in [0.15, 0.2) is 6.07 Å². The maximum Gasteiger partial charge on any atom is 0.410 e. The van der Waals surface area contributed by atoms with E-state index in [9.17, 15) is 18.4 Å². The van der Waals surface area contributed by atoms with E-state index in [4.69, 9.17) is 9.47 Å². The summed E-state index contributed by atoms with van der Waals surface area (Å²) in [5.41, 5.74) is -1.16. The zero-order valence-electron chi connectivity index (χ0n) is 17.0. The molecule has 1 aliphatic heterocycles. The summed E-state index contributed by atoms with van der Waals surface area (Å²) in [5, 5.41) is 0. The lowest BCUT2D eigenvalue weighted by Crippen LogP contribution is -2.56. The first kappa shape index (κ1) is 22.4. The molecule has 2 rings (SSSR count). The molecular formula is C19H27F2NO5S. The van der Waals surface area contributed by atoms with Gasteiger partial charge in [-0.3, -0.25) is 0 Å². The van der Waals surface area contributed by atoms with E-state index in [0.29, 0.717) is 30.7 Å². The minimum Gasteiger partial charge on any atom is -0.488 e. The number of hydrogen-bond donors (Lipinski definition) is 0. The molecule has 1 aromatic rings. The molecule has 9 heteroatoms. The first-order valence-electron chi connectivity index (χ1n) is 9.01. The van der Waals surface area contributed by atoms with Crippen molar-refractivity contribution in [3.63, 3.8) is 0 Å². The molecule has 0 aromatic carbocycles. The summed E-state index contributed by atoms with van der Waals surface area (Å²) in [7, 11) is 1.19. The molecule has 28 heavy (non-hydrogen) atoms. The molecular weight excluding hydrogens is 392 g/mol. The Morgan fingerprint density at radius 1 is 1.32 bits per heavy atom. The van der Waals surface area contributed by atoms with Crippen LogP contribution in [0.3, 0.4) is 0 Å². The van der Waals surface area contributed by atoms with Crippen LogP contribution in [0.5, 0.6) is 5.75 Å². The molecule has 0 radical (unpaired) electrons. The van der Waals surface area contributed by atoms with Gasteiger partial charge in [0.05, 0.1) is 12.0 Å². The van der Waals surface area contributed by atoms with Gasteiger partial charge < -0.3 is 19.1 Å². The van der Waals surface area contributed by atoms with E-state index in [2.05, 4.69) is 4.74 Å². The lowest BCUT2D eigenvalue weighted by Gasteiger charge is -2.45. The molecule has 1 saturated heterocycles. The number of halogens is 2. The van der Waals surface area contributed by atoms with E-state index in [0.717, 1.165) is 0 Å². The quantitative estimate of drug-likeness (QED) is 0.641. The molecule has 0 saturated carbocycles. The number of rotatable bonds is 4. The van der Waals surface area contributed by atoms with Gasteiger partial charge in [-0.25, -0.2) is 18.4 Å². The Labute approximate surface area is 167 Å². The van der Waals surface area contributed by atoms with Crippen LogP contribution >= 0.6 is 11.3 Å². The lowest BCUT2D eigenvalue weighted by molar-refractivity contribution is -0.0263. The number of piperidine rings is 1. The number of carbonyl (C=O) groups is 2. The minimum absolute atomic E-state index is 0.0187. The number of amides is 1. The minimum atomic E-state index is -2.70. The third kappa shape index (κ3) is 5.33. The number of likely N-dealkylation sites (tertiary alicyclic amines) is 1. The second-order valence-corrected chi connectivity index (χ2v) is 9.40. The number of methoxy groups -OCH3 is 1. The van der Waals surface area contributed by atoms with Crippen molar-refractivity contribution >= 4 is 23.4 Å². The third-order valence-electron chi connectivity index (χ3n) is 4.34. The van der Waals surface area contributed by atoms with Crippen LogP contribution in [0.1, 0.15) is 68.4 Å². The Hall–Kier alpha value is -1.90. The number of carbonyl (C=O) groups excluding carboxylic acids is 2. The standard InChI is InChI=1S/C19H27F2NO5S/c1-18(2,3)27-17(24)22-8-7-11(10-19(22,4)5)26-12-9-13(15(20)21)28-14(12)16(23)25-6/h9,11,15H,7-8,10H2,1-6H3/t11-/m1/s1. The second kappa shape index (κ2) is 8.23. The van der Waals surface area contributed by atoms with E-state index >= 15 is 0 Å². The van der Waals surface area contributed by atoms with Crippen molar-refractivity contribution in [2.75, 3.05) is 13.7 Å². The first-order chi connectivity index (χ1) is 12.8. The fourth-order valence-corrected chi connectivity index (χ4v) is 3.97. The van der Waals surface area contributed by atoms with Gasteiger partial charge in [-0.15, -0.1) is 11.3 Å². The van der Waals surface area contributed by atoms with Crippen molar-refractivity contribution < 1.29 is 32.6 Å². The zero-order chi connectivity index (χ0) is 21.3. The summed E-state index contributed by atoms with van der Waals surface area (Å²) in [6.07, 6.45) is -2.48. The number of hydrogen-bond acceptors (Lipinski definition) is 6. The van der Waals surface area contributed by atoms with Crippen LogP contribution in [0.4, 0.5) is 13.6 Å². The summed E-state index contributed by atoms with van der Waals surface area (Å²) in [6.45, 7) is 9.60. The van der Waals surface area contributed by atoms with Crippen LogP contribution in [-0.2, 0) is 9.47 Å². The predicted molar refractivity (Wildman–Crippen MR) is 101 cm³/mol. The highest BCUT2D eigenvalue weighted by atomic mass is 32.1. The SMILES string of the molecule is COC(=O)c1sc(C(F)F)cc1O[C@@H]1CCN(C(=O)OC(C)(C)C)C(C)(C)C1. The number of esters is 1. The van der Waals surface area contributed by atoms with Gasteiger partial charge in [-0.2, -0.15) is 0 Å². The van der Waals surface area contributed by atoms with Gasteiger partial charge in [0.25, 0.3) is 6.43 Å². The summed E-state index contributed by atoms with van der Waals surface area (Å²) >= 11 is 0.666. The van der Waals surface area contributed by atoms with Gasteiger partial charge in [0.15, 0.2) is 4.88 Å². The van der Waals surface area contributed by atoms with Crippen molar-refractivity contribution in [1.29, 1.82) is 0 Å². The molecule has 0 N–H and O–H groups in total. The molecule has 1 aromatic heterocycles. The highest BCUT2D eigenvalue weighted by molar-refractivity contribution is 7.14. The molecule has 0 bridgehead atoms. The van der Waals surface area contributed by atoms with Gasteiger partial charge in [-0.05, 0) is 34.6 Å². The topological polar surface area (TPSA) is 65.1 Å². The van der Waals surface area contributed by atoms with Crippen molar-refractivity contribution in [3.8, 4) is 5.75 Å². The lowest BCUT2D eigenvalue weighted by atomic mass is 9.89. The maximum atomic E-state index is 13.0. The summed E-state index contributed by atoms with van der Waals surface area (Å²) in [6, 6.07) is 1.19. The molecule has 1 aliphatic rings. The van der Waals surface area contributed by atoms with Crippen molar-refractivity contribution in [3.05, 3.63) is 15.8 Å². The first-order valence-corrected chi connectivity index (χ1v) is 9.83. The molecule has 1 atom stereocenters. The summed E-state index contributed by atoms with van der Waals surface area (Å²) in [4.78, 5) is 25.8. The zero-order valence-corrected chi connectivity index (χ0v) is 17.8. The van der Waals surface area contributed by atoms with Gasteiger partial charge in [0, 0.05) is 31.0 Å². The van der Waals surface area contributed by atoms with Crippen LogP contribution in [0, 0.1) is 0 Å².